The normalized spacial score (nSPS) is 11.7. The van der Waals surface area contributed by atoms with Gasteiger partial charge in [0, 0.05) is 17.1 Å². The number of benzene rings is 1. The van der Waals surface area contributed by atoms with Gasteiger partial charge in [-0.1, -0.05) is 17.8 Å². The minimum atomic E-state index is -0.284. The zero-order chi connectivity index (χ0) is 19.2. The quantitative estimate of drug-likeness (QED) is 0.594. The lowest BCUT2D eigenvalue weighted by molar-refractivity contribution is -0.115. The van der Waals surface area contributed by atoms with Crippen LogP contribution in [0.2, 0.25) is 0 Å². The summed E-state index contributed by atoms with van der Waals surface area (Å²) in [6.07, 6.45) is 1.71. The molecule has 3 rings (SSSR count). The average molecular weight is 402 g/mol. The molecule has 1 atom stereocenters. The van der Waals surface area contributed by atoms with Crippen molar-refractivity contribution in [3.8, 4) is 22.8 Å². The Morgan fingerprint density at radius 1 is 1.19 bits per heavy atom. The summed E-state index contributed by atoms with van der Waals surface area (Å²) in [6, 6.07) is 11.2. The Morgan fingerprint density at radius 2 is 2.00 bits per heavy atom. The summed E-state index contributed by atoms with van der Waals surface area (Å²) < 4.78 is 10.6. The summed E-state index contributed by atoms with van der Waals surface area (Å²) in [7, 11) is 3.19. The van der Waals surface area contributed by atoms with Crippen molar-refractivity contribution in [3.05, 3.63) is 48.0 Å². The van der Waals surface area contributed by atoms with Crippen molar-refractivity contribution in [2.45, 2.75) is 17.2 Å². The van der Waals surface area contributed by atoms with E-state index in [2.05, 4.69) is 15.3 Å². The lowest BCUT2D eigenvalue weighted by Gasteiger charge is -2.09. The van der Waals surface area contributed by atoms with Crippen LogP contribution < -0.4 is 14.8 Å². The second kappa shape index (κ2) is 8.88. The van der Waals surface area contributed by atoms with Gasteiger partial charge in [0.25, 0.3) is 0 Å². The van der Waals surface area contributed by atoms with Crippen molar-refractivity contribution in [2.24, 2.45) is 0 Å². The fraction of sp³-hybridized carbons (Fsp3) is 0.211. The molecule has 6 nitrogen and oxygen atoms in total. The van der Waals surface area contributed by atoms with Crippen LogP contribution in [0, 0.1) is 0 Å². The SMILES string of the molecule is COc1ccc(-c2csc(NC(=O)C(C)Sc3ccccn3)n2)cc1OC. The summed E-state index contributed by atoms with van der Waals surface area (Å²) in [5, 5.41) is 5.84. The predicted octanol–water partition coefficient (Wildman–Crippen LogP) is 4.34. The van der Waals surface area contributed by atoms with Gasteiger partial charge < -0.3 is 14.8 Å². The first-order valence-electron chi connectivity index (χ1n) is 8.17. The van der Waals surface area contributed by atoms with Crippen molar-refractivity contribution in [1.29, 1.82) is 0 Å². The number of anilines is 1. The molecule has 1 unspecified atom stereocenters. The van der Waals surface area contributed by atoms with E-state index in [0.29, 0.717) is 16.6 Å². The molecule has 2 heterocycles. The lowest BCUT2D eigenvalue weighted by Crippen LogP contribution is -2.22. The van der Waals surface area contributed by atoms with Crippen molar-refractivity contribution in [2.75, 3.05) is 19.5 Å². The van der Waals surface area contributed by atoms with Gasteiger partial charge in [-0.2, -0.15) is 0 Å². The van der Waals surface area contributed by atoms with Crippen molar-refractivity contribution < 1.29 is 14.3 Å². The van der Waals surface area contributed by atoms with E-state index in [4.69, 9.17) is 9.47 Å². The zero-order valence-electron chi connectivity index (χ0n) is 15.1. The van der Waals surface area contributed by atoms with Crippen molar-refractivity contribution in [1.82, 2.24) is 9.97 Å². The van der Waals surface area contributed by atoms with E-state index in [0.717, 1.165) is 16.3 Å². The molecule has 0 radical (unpaired) electrons. The molecule has 1 N–H and O–H groups in total. The molecule has 0 aliphatic rings. The van der Waals surface area contributed by atoms with Gasteiger partial charge in [-0.3, -0.25) is 4.79 Å². The summed E-state index contributed by atoms with van der Waals surface area (Å²) in [4.78, 5) is 21.2. The first-order valence-corrected chi connectivity index (χ1v) is 9.93. The molecule has 0 bridgehead atoms. The molecule has 8 heteroatoms. The minimum Gasteiger partial charge on any atom is -0.493 e. The van der Waals surface area contributed by atoms with E-state index in [1.165, 1.54) is 23.1 Å². The highest BCUT2D eigenvalue weighted by Crippen LogP contribution is 2.33. The Labute approximate surface area is 166 Å². The maximum absolute atomic E-state index is 12.4. The van der Waals surface area contributed by atoms with Crippen LogP contribution in [0.25, 0.3) is 11.3 Å². The molecule has 0 aliphatic carbocycles. The predicted molar refractivity (Wildman–Crippen MR) is 109 cm³/mol. The van der Waals surface area contributed by atoms with Gasteiger partial charge in [-0.25, -0.2) is 9.97 Å². The zero-order valence-corrected chi connectivity index (χ0v) is 16.8. The molecule has 0 spiro atoms. The molecule has 1 aromatic carbocycles. The highest BCUT2D eigenvalue weighted by molar-refractivity contribution is 8.00. The molecule has 0 fully saturated rings. The van der Waals surface area contributed by atoms with Crippen molar-refractivity contribution >= 4 is 34.1 Å². The summed E-state index contributed by atoms with van der Waals surface area (Å²) in [5.41, 5.74) is 1.65. The number of carbonyl (C=O) groups excluding carboxylic acids is 1. The van der Waals surface area contributed by atoms with Crippen LogP contribution in [0.4, 0.5) is 5.13 Å². The monoisotopic (exact) mass is 401 g/mol. The number of hydrogen-bond donors (Lipinski definition) is 1. The third-order valence-electron chi connectivity index (χ3n) is 3.72. The molecular formula is C19H19N3O3S2. The number of pyridine rings is 1. The highest BCUT2D eigenvalue weighted by Gasteiger charge is 2.17. The number of carbonyl (C=O) groups is 1. The van der Waals surface area contributed by atoms with Crippen LogP contribution in [0.15, 0.2) is 53.0 Å². The van der Waals surface area contributed by atoms with Crippen LogP contribution in [0.5, 0.6) is 11.5 Å². The average Bonchev–Trinajstić information content (AvgIpc) is 3.16. The number of aromatic nitrogens is 2. The maximum atomic E-state index is 12.4. The van der Waals surface area contributed by atoms with Gasteiger partial charge >= 0.3 is 0 Å². The number of ether oxygens (including phenoxy) is 2. The van der Waals surface area contributed by atoms with Gasteiger partial charge in [-0.15, -0.1) is 11.3 Å². The molecule has 0 saturated carbocycles. The second-order valence-corrected chi connectivity index (χ2v) is 7.74. The summed E-state index contributed by atoms with van der Waals surface area (Å²) in [5.74, 6) is 1.18. The molecule has 0 saturated heterocycles. The molecular weight excluding hydrogens is 382 g/mol. The fourth-order valence-electron chi connectivity index (χ4n) is 2.32. The standard InChI is InChI=1S/C19H19N3O3S2/c1-12(27-17-6-4-5-9-20-17)18(23)22-19-21-14(11-26-19)13-7-8-15(24-2)16(10-13)25-3/h4-12H,1-3H3,(H,21,22,23). The molecule has 1 amide bonds. The number of hydrogen-bond acceptors (Lipinski definition) is 7. The van der Waals surface area contributed by atoms with Crippen LogP contribution in [0.3, 0.4) is 0 Å². The first kappa shape index (κ1) is 19.2. The highest BCUT2D eigenvalue weighted by atomic mass is 32.2. The third kappa shape index (κ3) is 4.78. The molecule has 2 aromatic heterocycles. The molecule has 3 aromatic rings. The number of amides is 1. The summed E-state index contributed by atoms with van der Waals surface area (Å²) in [6.45, 7) is 1.84. The smallest absolute Gasteiger partial charge is 0.239 e. The Morgan fingerprint density at radius 3 is 2.70 bits per heavy atom. The largest absolute Gasteiger partial charge is 0.493 e. The van der Waals surface area contributed by atoms with E-state index < -0.39 is 0 Å². The van der Waals surface area contributed by atoms with E-state index in [-0.39, 0.29) is 11.2 Å². The van der Waals surface area contributed by atoms with Gasteiger partial charge in [-0.05, 0) is 37.3 Å². The molecule has 0 aliphatic heterocycles. The summed E-state index contributed by atoms with van der Waals surface area (Å²) >= 11 is 2.79. The number of nitrogens with zero attached hydrogens (tertiary/aromatic N) is 2. The van der Waals surface area contributed by atoms with E-state index in [1.807, 2.05) is 48.7 Å². The van der Waals surface area contributed by atoms with Crippen LogP contribution >= 0.6 is 23.1 Å². The molecule has 140 valence electrons. The van der Waals surface area contributed by atoms with Crippen molar-refractivity contribution in [3.63, 3.8) is 0 Å². The van der Waals surface area contributed by atoms with Crippen LogP contribution in [-0.4, -0.2) is 35.3 Å². The third-order valence-corrected chi connectivity index (χ3v) is 5.53. The first-order chi connectivity index (χ1) is 13.1. The fourth-order valence-corrected chi connectivity index (χ4v) is 3.85. The number of thiazole rings is 1. The van der Waals surface area contributed by atoms with Gasteiger partial charge in [0.15, 0.2) is 16.6 Å². The van der Waals surface area contributed by atoms with Gasteiger partial charge in [0.05, 0.1) is 30.2 Å². The maximum Gasteiger partial charge on any atom is 0.239 e. The number of thioether (sulfide) groups is 1. The topological polar surface area (TPSA) is 73.3 Å². The number of rotatable bonds is 7. The van der Waals surface area contributed by atoms with Crippen LogP contribution in [0.1, 0.15) is 6.92 Å². The van der Waals surface area contributed by atoms with Gasteiger partial charge in [0.1, 0.15) is 0 Å². The molecule has 27 heavy (non-hydrogen) atoms. The minimum absolute atomic E-state index is 0.112. The Balaban J connectivity index is 1.68. The lowest BCUT2D eigenvalue weighted by atomic mass is 10.1. The Kier molecular flexibility index (Phi) is 6.31. The number of methoxy groups -OCH3 is 2. The van der Waals surface area contributed by atoms with E-state index >= 15 is 0 Å². The number of nitrogens with one attached hydrogen (secondary N) is 1. The Hall–Kier alpha value is -2.58. The Bertz CT molecular complexity index is 916. The van der Waals surface area contributed by atoms with Gasteiger partial charge in [0.2, 0.25) is 5.91 Å². The second-order valence-electron chi connectivity index (χ2n) is 5.52. The van der Waals surface area contributed by atoms with Crippen LogP contribution in [-0.2, 0) is 4.79 Å². The van der Waals surface area contributed by atoms with E-state index in [9.17, 15) is 4.79 Å². The van der Waals surface area contributed by atoms with E-state index in [1.54, 1.807) is 20.4 Å².